The maximum absolute atomic E-state index is 5.97. The highest BCUT2D eigenvalue weighted by Gasteiger charge is 2.26. The molecule has 0 atom stereocenters. The zero-order valence-corrected chi connectivity index (χ0v) is 11.2. The molecule has 1 aromatic heterocycles. The zero-order chi connectivity index (χ0) is 11.7. The Morgan fingerprint density at radius 1 is 1.29 bits per heavy atom. The first-order valence-electron chi connectivity index (χ1n) is 6.13. The van der Waals surface area contributed by atoms with Crippen molar-refractivity contribution in [3.8, 4) is 0 Å². The van der Waals surface area contributed by atoms with E-state index in [4.69, 9.17) is 11.6 Å². The topological polar surface area (TPSA) is 12.0 Å². The van der Waals surface area contributed by atoms with E-state index in [9.17, 15) is 0 Å². The number of fused-ring (bicyclic) bond motifs is 1. The molecule has 0 aliphatic heterocycles. The van der Waals surface area contributed by atoms with E-state index < -0.39 is 0 Å². The molecule has 1 N–H and O–H groups in total. The fraction of sp³-hybridized carbons (Fsp3) is 0.429. The minimum absolute atomic E-state index is 0.434. The number of hydrogen-bond donors (Lipinski definition) is 1. The van der Waals surface area contributed by atoms with Crippen LogP contribution in [0.4, 0.5) is 0 Å². The lowest BCUT2D eigenvalue weighted by atomic mass is 9.85. The Morgan fingerprint density at radius 2 is 2.12 bits per heavy atom. The summed E-state index contributed by atoms with van der Waals surface area (Å²) in [5.74, 6) is 0.794. The second-order valence-electron chi connectivity index (χ2n) is 4.82. The van der Waals surface area contributed by atoms with Crippen LogP contribution in [0.15, 0.2) is 29.6 Å². The number of rotatable bonds is 4. The first-order chi connectivity index (χ1) is 8.33. The third-order valence-electron chi connectivity index (χ3n) is 3.49. The van der Waals surface area contributed by atoms with Gasteiger partial charge in [0.2, 0.25) is 0 Å². The van der Waals surface area contributed by atoms with Gasteiger partial charge >= 0.3 is 0 Å². The molecule has 90 valence electrons. The van der Waals surface area contributed by atoms with Crippen molar-refractivity contribution >= 4 is 33.0 Å². The van der Waals surface area contributed by atoms with Crippen LogP contribution in [0.3, 0.4) is 0 Å². The average molecular weight is 266 g/mol. The van der Waals surface area contributed by atoms with Gasteiger partial charge < -0.3 is 5.32 Å². The molecule has 1 nitrogen and oxygen atoms in total. The summed E-state index contributed by atoms with van der Waals surface area (Å²) in [6, 6.07) is 8.61. The molecule has 17 heavy (non-hydrogen) atoms. The molecule has 0 unspecified atom stereocenters. The molecule has 0 bridgehead atoms. The molecule has 0 spiro atoms. The molecule has 1 aliphatic carbocycles. The van der Waals surface area contributed by atoms with Crippen molar-refractivity contribution in [3.63, 3.8) is 0 Å². The largest absolute Gasteiger partial charge is 0.312 e. The number of thiophene rings is 1. The van der Waals surface area contributed by atoms with Crippen molar-refractivity contribution < 1.29 is 0 Å². The van der Waals surface area contributed by atoms with E-state index >= 15 is 0 Å². The van der Waals surface area contributed by atoms with Crippen LogP contribution >= 0.6 is 22.9 Å². The quantitative estimate of drug-likeness (QED) is 0.824. The van der Waals surface area contributed by atoms with Gasteiger partial charge in [-0.25, -0.2) is 0 Å². The molecular weight excluding hydrogens is 250 g/mol. The van der Waals surface area contributed by atoms with Gasteiger partial charge in [-0.3, -0.25) is 0 Å². The number of alkyl halides is 1. The van der Waals surface area contributed by atoms with Gasteiger partial charge in [0.1, 0.15) is 0 Å². The summed E-state index contributed by atoms with van der Waals surface area (Å²) in [6.07, 6.45) is 2.36. The van der Waals surface area contributed by atoms with Gasteiger partial charge in [0.25, 0.3) is 0 Å². The number of hydrogen-bond acceptors (Lipinski definition) is 2. The molecule has 1 aromatic carbocycles. The van der Waals surface area contributed by atoms with Crippen LogP contribution in [0, 0.1) is 5.92 Å². The average Bonchev–Trinajstić information content (AvgIpc) is 2.70. The van der Waals surface area contributed by atoms with E-state index in [1.54, 1.807) is 0 Å². The molecule has 1 fully saturated rings. The van der Waals surface area contributed by atoms with E-state index in [-0.39, 0.29) is 0 Å². The lowest BCUT2D eigenvalue weighted by molar-refractivity contribution is 0.308. The Morgan fingerprint density at radius 3 is 2.94 bits per heavy atom. The van der Waals surface area contributed by atoms with Crippen molar-refractivity contribution in [1.29, 1.82) is 0 Å². The molecular formula is C14H16ClNS. The van der Waals surface area contributed by atoms with Gasteiger partial charge in [-0.15, -0.1) is 22.9 Å². The summed E-state index contributed by atoms with van der Waals surface area (Å²) in [4.78, 5) is 0. The standard InChI is InChI=1S/C14H16ClNS/c15-12-5-10(6-12)7-16-8-11-9-17-14-4-2-1-3-13(11)14/h1-4,9-10,12,16H,5-8H2. The van der Waals surface area contributed by atoms with E-state index in [0.29, 0.717) is 5.38 Å². The minimum Gasteiger partial charge on any atom is -0.312 e. The third-order valence-corrected chi connectivity index (χ3v) is 4.86. The van der Waals surface area contributed by atoms with Crippen LogP contribution < -0.4 is 5.32 Å². The maximum atomic E-state index is 5.97. The lowest BCUT2D eigenvalue weighted by Crippen LogP contribution is -2.33. The second-order valence-corrected chi connectivity index (χ2v) is 6.35. The summed E-state index contributed by atoms with van der Waals surface area (Å²) in [7, 11) is 0. The van der Waals surface area contributed by atoms with E-state index in [2.05, 4.69) is 35.0 Å². The molecule has 1 heterocycles. The third kappa shape index (κ3) is 2.49. The normalized spacial score (nSPS) is 23.8. The molecule has 0 saturated heterocycles. The second kappa shape index (κ2) is 4.97. The number of nitrogens with one attached hydrogen (secondary N) is 1. The number of halogens is 1. The highest BCUT2D eigenvalue weighted by molar-refractivity contribution is 7.17. The Bertz CT molecular complexity index is 502. The van der Waals surface area contributed by atoms with Crippen molar-refractivity contribution in [1.82, 2.24) is 5.32 Å². The Kier molecular flexibility index (Phi) is 3.37. The van der Waals surface area contributed by atoms with Crippen molar-refractivity contribution in [3.05, 3.63) is 35.2 Å². The fourth-order valence-corrected chi connectivity index (χ4v) is 3.87. The maximum Gasteiger partial charge on any atom is 0.0346 e. The van der Waals surface area contributed by atoms with Crippen LogP contribution in [0.1, 0.15) is 18.4 Å². The van der Waals surface area contributed by atoms with E-state index in [0.717, 1.165) is 19.0 Å². The fourth-order valence-electron chi connectivity index (χ4n) is 2.40. The highest BCUT2D eigenvalue weighted by atomic mass is 35.5. The molecule has 3 rings (SSSR count). The van der Waals surface area contributed by atoms with Crippen LogP contribution in [0.2, 0.25) is 0 Å². The summed E-state index contributed by atoms with van der Waals surface area (Å²) < 4.78 is 1.38. The first-order valence-corrected chi connectivity index (χ1v) is 7.44. The highest BCUT2D eigenvalue weighted by Crippen LogP contribution is 2.31. The van der Waals surface area contributed by atoms with Crippen LogP contribution in [-0.2, 0) is 6.54 Å². The smallest absolute Gasteiger partial charge is 0.0346 e. The summed E-state index contributed by atoms with van der Waals surface area (Å²) in [5.41, 5.74) is 1.42. The van der Waals surface area contributed by atoms with Gasteiger partial charge in [0.15, 0.2) is 0 Å². The van der Waals surface area contributed by atoms with Gasteiger partial charge in [-0.05, 0) is 47.7 Å². The van der Waals surface area contributed by atoms with E-state index in [1.807, 2.05) is 11.3 Å². The van der Waals surface area contributed by atoms with Crippen molar-refractivity contribution in [2.75, 3.05) is 6.54 Å². The van der Waals surface area contributed by atoms with Gasteiger partial charge in [-0.2, -0.15) is 0 Å². The van der Waals surface area contributed by atoms with Crippen molar-refractivity contribution in [2.24, 2.45) is 5.92 Å². The molecule has 3 heteroatoms. The van der Waals surface area contributed by atoms with Crippen LogP contribution in [0.5, 0.6) is 0 Å². The lowest BCUT2D eigenvalue weighted by Gasteiger charge is -2.30. The molecule has 1 aliphatic rings. The van der Waals surface area contributed by atoms with Crippen molar-refractivity contribution in [2.45, 2.75) is 24.8 Å². The predicted molar refractivity (Wildman–Crippen MR) is 75.9 cm³/mol. The monoisotopic (exact) mass is 265 g/mol. The molecule has 0 radical (unpaired) electrons. The Balaban J connectivity index is 1.58. The Labute approximate surface area is 111 Å². The Hall–Kier alpha value is -0.570. The van der Waals surface area contributed by atoms with Gasteiger partial charge in [0, 0.05) is 16.6 Å². The molecule has 2 aromatic rings. The predicted octanol–water partition coefficient (Wildman–Crippen LogP) is 4.01. The zero-order valence-electron chi connectivity index (χ0n) is 9.66. The molecule has 0 amide bonds. The summed E-state index contributed by atoms with van der Waals surface area (Å²) >= 11 is 7.81. The minimum atomic E-state index is 0.434. The summed E-state index contributed by atoms with van der Waals surface area (Å²) in [6.45, 7) is 2.08. The molecule has 1 saturated carbocycles. The van der Waals surface area contributed by atoms with Crippen LogP contribution in [-0.4, -0.2) is 11.9 Å². The van der Waals surface area contributed by atoms with Crippen LogP contribution in [0.25, 0.3) is 10.1 Å². The SMILES string of the molecule is ClC1CC(CNCc2csc3ccccc23)C1. The first kappa shape index (κ1) is 11.5. The van der Waals surface area contributed by atoms with Gasteiger partial charge in [-0.1, -0.05) is 18.2 Å². The van der Waals surface area contributed by atoms with Gasteiger partial charge in [0.05, 0.1) is 0 Å². The van der Waals surface area contributed by atoms with E-state index in [1.165, 1.54) is 28.5 Å². The summed E-state index contributed by atoms with van der Waals surface area (Å²) in [5, 5.41) is 7.65. The number of benzene rings is 1.